The van der Waals surface area contributed by atoms with Gasteiger partial charge in [0.1, 0.15) is 5.82 Å². The van der Waals surface area contributed by atoms with Crippen LogP contribution in [0, 0.1) is 11.2 Å². The van der Waals surface area contributed by atoms with Gasteiger partial charge in [-0.3, -0.25) is 0 Å². The number of halogens is 1. The van der Waals surface area contributed by atoms with E-state index in [1.807, 2.05) is 26.8 Å². The summed E-state index contributed by atoms with van der Waals surface area (Å²) in [5.41, 5.74) is 11.9. The summed E-state index contributed by atoms with van der Waals surface area (Å²) in [6.45, 7) is 14.9. The van der Waals surface area contributed by atoms with Crippen molar-refractivity contribution in [1.82, 2.24) is 9.80 Å². The van der Waals surface area contributed by atoms with Crippen LogP contribution in [0.4, 0.5) is 10.1 Å². The largest absolute Gasteiger partial charge is 0.488 e. The first-order valence-electron chi connectivity index (χ1n) is 9.92. The molecule has 0 aliphatic carbocycles. The molecule has 1 aromatic rings. The molecule has 0 unspecified atom stereocenters. The number of rotatable bonds is 6. The first-order chi connectivity index (χ1) is 13.7. The third-order valence-electron chi connectivity index (χ3n) is 4.48. The number of allylic oxidation sites excluding steroid dienone is 1. The number of hydrogen-bond acceptors (Lipinski definition) is 6. The number of benzene rings is 1. The molecule has 2 rings (SSSR count). The van der Waals surface area contributed by atoms with Crippen LogP contribution in [-0.2, 0) is 0 Å². The van der Waals surface area contributed by atoms with Crippen molar-refractivity contribution in [2.45, 2.75) is 40.7 Å². The van der Waals surface area contributed by atoms with E-state index in [0.29, 0.717) is 11.3 Å². The third kappa shape index (κ3) is 7.73. The van der Waals surface area contributed by atoms with Gasteiger partial charge in [-0.15, -0.1) is 0 Å². The monoisotopic (exact) mass is 406 g/mol. The number of hydrogen-bond donors (Lipinski definition) is 3. The topological polar surface area (TPSA) is 104 Å². The summed E-state index contributed by atoms with van der Waals surface area (Å²) in [7, 11) is 0. The van der Waals surface area contributed by atoms with Crippen molar-refractivity contribution in [1.29, 1.82) is 5.41 Å². The smallest absolute Gasteiger partial charge is 0.167 e. The number of nitrogen functional groups attached to an aromatic ring is 1. The number of aliphatic imine (C=N–C) groups is 1. The van der Waals surface area contributed by atoms with Gasteiger partial charge in [0, 0.05) is 49.2 Å². The number of piperazine rings is 1. The number of nitrogens with one attached hydrogen (secondary N) is 1. The molecule has 0 saturated carbocycles. The van der Waals surface area contributed by atoms with Gasteiger partial charge >= 0.3 is 0 Å². The molecule has 0 bridgehead atoms. The molecule has 1 saturated heterocycles. The van der Waals surface area contributed by atoms with E-state index in [-0.39, 0.29) is 17.5 Å². The first kappa shape index (κ1) is 24.4. The fraction of sp³-hybridized carbons (Fsp3) is 0.524. The lowest BCUT2D eigenvalue weighted by molar-refractivity contribution is 0.164. The zero-order valence-electron chi connectivity index (χ0n) is 18.2. The fourth-order valence-corrected chi connectivity index (χ4v) is 2.95. The number of likely N-dealkylation sites (N-methyl/N-ethyl adjacent to an activating group) is 1. The van der Waals surface area contributed by atoms with Gasteiger partial charge in [0.15, 0.2) is 11.6 Å². The molecule has 1 heterocycles. The average Bonchev–Trinajstić information content (AvgIpc) is 2.68. The van der Waals surface area contributed by atoms with E-state index in [1.54, 1.807) is 6.92 Å². The maximum absolute atomic E-state index is 13.4. The van der Waals surface area contributed by atoms with Crippen LogP contribution in [0.2, 0.25) is 0 Å². The minimum atomic E-state index is -0.494. The highest BCUT2D eigenvalue weighted by Crippen LogP contribution is 2.25. The highest BCUT2D eigenvalue weighted by Gasteiger charge is 2.16. The number of anilines is 1. The van der Waals surface area contributed by atoms with Crippen molar-refractivity contribution < 1.29 is 9.13 Å². The maximum atomic E-state index is 13.4. The molecule has 1 aliphatic rings. The number of nitrogens with two attached hydrogens (primary N) is 2. The van der Waals surface area contributed by atoms with E-state index < -0.39 is 5.82 Å². The lowest BCUT2D eigenvalue weighted by Crippen LogP contribution is -2.45. The molecule has 29 heavy (non-hydrogen) atoms. The van der Waals surface area contributed by atoms with Gasteiger partial charge in [0.05, 0.1) is 12.4 Å². The van der Waals surface area contributed by atoms with E-state index in [1.165, 1.54) is 18.5 Å². The Morgan fingerprint density at radius 3 is 2.38 bits per heavy atom. The molecule has 0 radical (unpaired) electrons. The Morgan fingerprint density at radius 2 is 1.93 bits per heavy atom. The summed E-state index contributed by atoms with van der Waals surface area (Å²) in [5, 5.41) is 7.47. The maximum Gasteiger partial charge on any atom is 0.167 e. The van der Waals surface area contributed by atoms with Crippen molar-refractivity contribution >= 4 is 17.7 Å². The molecule has 8 heteroatoms. The Bertz CT molecular complexity index is 724. The molecule has 0 amide bonds. The van der Waals surface area contributed by atoms with Crippen molar-refractivity contribution in [3.8, 4) is 5.75 Å². The first-order valence-corrected chi connectivity index (χ1v) is 9.92. The third-order valence-corrected chi connectivity index (χ3v) is 4.48. The van der Waals surface area contributed by atoms with Crippen LogP contribution in [0.3, 0.4) is 0 Å². The molecule has 162 valence electrons. The van der Waals surface area contributed by atoms with Gasteiger partial charge in [0.25, 0.3) is 0 Å². The highest BCUT2D eigenvalue weighted by molar-refractivity contribution is 6.01. The molecule has 1 aromatic carbocycles. The molecule has 1 fully saturated rings. The van der Waals surface area contributed by atoms with E-state index in [2.05, 4.69) is 21.7 Å². The Kier molecular flexibility index (Phi) is 10.2. The summed E-state index contributed by atoms with van der Waals surface area (Å²) in [6.07, 6.45) is 3.26. The van der Waals surface area contributed by atoms with Gasteiger partial charge in [-0.2, -0.15) is 0 Å². The summed E-state index contributed by atoms with van der Waals surface area (Å²) in [6, 6.07) is 2.65. The summed E-state index contributed by atoms with van der Waals surface area (Å²) < 4.78 is 18.6. The number of ether oxygens (including phenoxy) is 1. The fourth-order valence-electron chi connectivity index (χ4n) is 2.95. The molecular formula is C21H35FN6O. The Balaban J connectivity index is 0.000000291. The Hall–Kier alpha value is -2.61. The Labute approximate surface area is 173 Å². The molecule has 0 aromatic heterocycles. The van der Waals surface area contributed by atoms with Crippen LogP contribution in [0.5, 0.6) is 5.75 Å². The summed E-state index contributed by atoms with van der Waals surface area (Å²) in [5.74, 6) is 0.634. The standard InChI is InChI=1S/C11H15FN2O.C10H20N4/c1-6(2)15-11-4-8(7(3)13)10(14)5-9(11)12;1-3-10(12-9-11)14-7-5-13(4-2)6-8-14/h4-6,13H,14H2,1-3H3;3,9H,4-8H2,1-2H3,(H2,11,12)/b;10-3+. The molecule has 1 aliphatic heterocycles. The van der Waals surface area contributed by atoms with Crippen molar-refractivity contribution in [2.24, 2.45) is 10.7 Å². The normalized spacial score (nSPS) is 15.4. The van der Waals surface area contributed by atoms with Gasteiger partial charge in [-0.25, -0.2) is 9.38 Å². The zero-order valence-corrected chi connectivity index (χ0v) is 18.2. The van der Waals surface area contributed by atoms with E-state index in [9.17, 15) is 4.39 Å². The van der Waals surface area contributed by atoms with Crippen molar-refractivity contribution in [3.05, 3.63) is 35.4 Å². The quantitative estimate of drug-likeness (QED) is 0.383. The minimum Gasteiger partial charge on any atom is -0.488 e. The number of nitrogens with zero attached hydrogens (tertiary/aromatic N) is 3. The van der Waals surface area contributed by atoms with Crippen LogP contribution in [0.1, 0.15) is 40.2 Å². The zero-order chi connectivity index (χ0) is 22.0. The molecule has 7 nitrogen and oxygen atoms in total. The van der Waals surface area contributed by atoms with Gasteiger partial charge in [0.2, 0.25) is 0 Å². The molecule has 5 N–H and O–H groups in total. The summed E-state index contributed by atoms with van der Waals surface area (Å²) in [4.78, 5) is 8.85. The summed E-state index contributed by atoms with van der Waals surface area (Å²) >= 11 is 0. The predicted molar refractivity (Wildman–Crippen MR) is 119 cm³/mol. The molecule has 0 atom stereocenters. The van der Waals surface area contributed by atoms with Crippen LogP contribution in [0.15, 0.2) is 29.0 Å². The second kappa shape index (κ2) is 12.1. The van der Waals surface area contributed by atoms with Crippen LogP contribution in [-0.4, -0.2) is 60.7 Å². The highest BCUT2D eigenvalue weighted by atomic mass is 19.1. The van der Waals surface area contributed by atoms with Crippen molar-refractivity contribution in [2.75, 3.05) is 38.5 Å². The second-order valence-electron chi connectivity index (χ2n) is 7.01. The molecular weight excluding hydrogens is 371 g/mol. The van der Waals surface area contributed by atoms with Crippen LogP contribution in [0.25, 0.3) is 0 Å². The lowest BCUT2D eigenvalue weighted by Gasteiger charge is -2.35. The lowest BCUT2D eigenvalue weighted by atomic mass is 10.1. The molecule has 0 spiro atoms. The van der Waals surface area contributed by atoms with Crippen molar-refractivity contribution in [3.63, 3.8) is 0 Å². The van der Waals surface area contributed by atoms with E-state index >= 15 is 0 Å². The minimum absolute atomic E-state index is 0.109. The SMILES string of the molecule is C/C=C(\N=C/N)N1CCN(CC)CC1.CC(=N)c1cc(OC(C)C)c(F)cc1N. The van der Waals surface area contributed by atoms with Gasteiger partial charge in [-0.1, -0.05) is 6.92 Å². The van der Waals surface area contributed by atoms with Crippen LogP contribution < -0.4 is 16.2 Å². The van der Waals surface area contributed by atoms with Gasteiger partial charge in [-0.05, 0) is 46.4 Å². The van der Waals surface area contributed by atoms with E-state index in [0.717, 1.165) is 38.5 Å². The average molecular weight is 407 g/mol. The van der Waals surface area contributed by atoms with Crippen LogP contribution >= 0.6 is 0 Å². The van der Waals surface area contributed by atoms with E-state index in [4.69, 9.17) is 21.6 Å². The Morgan fingerprint density at radius 1 is 1.31 bits per heavy atom. The van der Waals surface area contributed by atoms with Gasteiger partial charge < -0.3 is 31.4 Å². The second-order valence-corrected chi connectivity index (χ2v) is 7.01. The predicted octanol–water partition coefficient (Wildman–Crippen LogP) is 3.06.